The van der Waals surface area contributed by atoms with Crippen LogP contribution in [0.15, 0.2) is 36.4 Å². The summed E-state index contributed by atoms with van der Waals surface area (Å²) < 4.78 is 16.6. The topological polar surface area (TPSA) is 46.9 Å². The average Bonchev–Trinajstić information content (AvgIpc) is 2.83. The number of hydrogen-bond acceptors (Lipinski definition) is 2. The first-order chi connectivity index (χ1) is 12.6. The van der Waals surface area contributed by atoms with Gasteiger partial charge in [0, 0.05) is 29.7 Å². The molecule has 0 saturated carbocycles. The summed E-state index contributed by atoms with van der Waals surface area (Å²) in [7, 11) is 0. The van der Waals surface area contributed by atoms with Crippen LogP contribution in [0.2, 0.25) is 5.02 Å². The maximum absolute atomic E-state index is 14.6. The van der Waals surface area contributed by atoms with Crippen LogP contribution in [-0.2, 0) is 11.3 Å². The number of carbonyl (C=O) groups is 1. The SMILES string of the molecule is Cc1cc2nc(NC(=O)CC(C)(C)C)c(F)cc2n1Cc1ccc(Cl)cc1. The molecule has 1 N–H and O–H groups in total. The molecule has 0 radical (unpaired) electrons. The number of nitrogens with one attached hydrogen (secondary N) is 1. The van der Waals surface area contributed by atoms with Gasteiger partial charge in [0.2, 0.25) is 5.91 Å². The number of pyridine rings is 1. The molecule has 0 aliphatic heterocycles. The molecule has 2 aromatic heterocycles. The van der Waals surface area contributed by atoms with E-state index in [1.807, 2.05) is 62.6 Å². The lowest BCUT2D eigenvalue weighted by atomic mass is 9.92. The second-order valence-corrected chi connectivity index (χ2v) is 8.44. The minimum absolute atomic E-state index is 0.0274. The summed E-state index contributed by atoms with van der Waals surface area (Å²) in [5.74, 6) is -0.814. The molecule has 1 amide bonds. The number of benzene rings is 1. The van der Waals surface area contributed by atoms with Crippen molar-refractivity contribution in [2.24, 2.45) is 5.41 Å². The second kappa shape index (κ2) is 7.31. The molecule has 3 aromatic rings. The Morgan fingerprint density at radius 1 is 1.22 bits per heavy atom. The van der Waals surface area contributed by atoms with Crippen molar-refractivity contribution in [2.75, 3.05) is 5.32 Å². The summed E-state index contributed by atoms with van der Waals surface area (Å²) in [5.41, 5.74) is 3.18. The zero-order valence-corrected chi connectivity index (χ0v) is 16.7. The number of carbonyl (C=O) groups excluding carboxylic acids is 1. The molecule has 1 aromatic carbocycles. The summed E-state index contributed by atoms with van der Waals surface area (Å²) in [5, 5.41) is 3.27. The highest BCUT2D eigenvalue weighted by atomic mass is 35.5. The molecule has 142 valence electrons. The number of rotatable bonds is 4. The van der Waals surface area contributed by atoms with E-state index in [2.05, 4.69) is 10.3 Å². The first-order valence-corrected chi connectivity index (χ1v) is 9.21. The van der Waals surface area contributed by atoms with Gasteiger partial charge in [0.25, 0.3) is 0 Å². The lowest BCUT2D eigenvalue weighted by molar-refractivity contribution is -0.117. The van der Waals surface area contributed by atoms with Gasteiger partial charge in [-0.05, 0) is 36.1 Å². The molecular weight excluding hydrogens is 365 g/mol. The van der Waals surface area contributed by atoms with Crippen LogP contribution in [-0.4, -0.2) is 15.5 Å². The molecule has 0 atom stereocenters. The van der Waals surface area contributed by atoms with Crippen molar-refractivity contribution >= 4 is 34.4 Å². The van der Waals surface area contributed by atoms with Gasteiger partial charge in [-0.1, -0.05) is 44.5 Å². The smallest absolute Gasteiger partial charge is 0.226 e. The molecule has 3 rings (SSSR count). The number of halogens is 2. The maximum Gasteiger partial charge on any atom is 0.226 e. The Morgan fingerprint density at radius 3 is 2.52 bits per heavy atom. The van der Waals surface area contributed by atoms with Gasteiger partial charge in [0.05, 0.1) is 11.0 Å². The maximum atomic E-state index is 14.6. The predicted molar refractivity (Wildman–Crippen MR) is 108 cm³/mol. The first kappa shape index (κ1) is 19.4. The third kappa shape index (κ3) is 4.66. The van der Waals surface area contributed by atoms with Crippen LogP contribution >= 0.6 is 11.6 Å². The minimum Gasteiger partial charge on any atom is -0.339 e. The van der Waals surface area contributed by atoms with E-state index in [0.29, 0.717) is 29.0 Å². The van der Waals surface area contributed by atoms with Gasteiger partial charge < -0.3 is 9.88 Å². The largest absolute Gasteiger partial charge is 0.339 e. The highest BCUT2D eigenvalue weighted by Gasteiger charge is 2.19. The van der Waals surface area contributed by atoms with E-state index >= 15 is 0 Å². The monoisotopic (exact) mass is 387 g/mol. The number of anilines is 1. The van der Waals surface area contributed by atoms with Crippen molar-refractivity contribution in [3.05, 3.63) is 58.5 Å². The predicted octanol–water partition coefficient (Wildman–Crippen LogP) is 5.56. The molecule has 4 nitrogen and oxygen atoms in total. The van der Waals surface area contributed by atoms with Crippen molar-refractivity contribution in [2.45, 2.75) is 40.7 Å². The second-order valence-electron chi connectivity index (χ2n) is 8.01. The first-order valence-electron chi connectivity index (χ1n) is 8.83. The van der Waals surface area contributed by atoms with E-state index in [-0.39, 0.29) is 17.1 Å². The molecule has 2 heterocycles. The Morgan fingerprint density at radius 2 is 1.89 bits per heavy atom. The van der Waals surface area contributed by atoms with Crippen LogP contribution < -0.4 is 5.32 Å². The van der Waals surface area contributed by atoms with E-state index in [1.54, 1.807) is 0 Å². The van der Waals surface area contributed by atoms with Crippen molar-refractivity contribution in [1.82, 2.24) is 9.55 Å². The number of hydrogen-bond donors (Lipinski definition) is 1. The van der Waals surface area contributed by atoms with E-state index in [0.717, 1.165) is 11.3 Å². The lowest BCUT2D eigenvalue weighted by Crippen LogP contribution is -2.20. The highest BCUT2D eigenvalue weighted by molar-refractivity contribution is 6.30. The van der Waals surface area contributed by atoms with Gasteiger partial charge in [0.1, 0.15) is 0 Å². The van der Waals surface area contributed by atoms with Gasteiger partial charge in [-0.15, -0.1) is 0 Å². The third-order valence-corrected chi connectivity index (χ3v) is 4.50. The van der Waals surface area contributed by atoms with E-state index < -0.39 is 5.82 Å². The standard InChI is InChI=1S/C21H23ClFN3O/c1-13-9-17-18(26(13)12-14-5-7-15(22)8-6-14)10-16(23)20(24-17)25-19(27)11-21(2,3)4/h5-10H,11-12H2,1-4H3,(H,24,25,27). The van der Waals surface area contributed by atoms with Crippen molar-refractivity contribution in [3.8, 4) is 0 Å². The Hall–Kier alpha value is -2.40. The van der Waals surface area contributed by atoms with E-state index in [1.165, 1.54) is 6.07 Å². The number of aryl methyl sites for hydroxylation is 1. The van der Waals surface area contributed by atoms with Gasteiger partial charge in [-0.25, -0.2) is 9.37 Å². The fourth-order valence-corrected chi connectivity index (χ4v) is 3.14. The number of aromatic nitrogens is 2. The summed E-state index contributed by atoms with van der Waals surface area (Å²) in [6.07, 6.45) is 0.294. The number of fused-ring (bicyclic) bond motifs is 1. The van der Waals surface area contributed by atoms with Crippen LogP contribution in [0.25, 0.3) is 11.0 Å². The van der Waals surface area contributed by atoms with E-state index in [9.17, 15) is 9.18 Å². The normalized spacial score (nSPS) is 11.8. The zero-order valence-electron chi connectivity index (χ0n) is 15.9. The third-order valence-electron chi connectivity index (χ3n) is 4.25. The lowest BCUT2D eigenvalue weighted by Gasteiger charge is -2.17. The molecule has 0 aliphatic carbocycles. The summed E-state index contributed by atoms with van der Waals surface area (Å²) in [6, 6.07) is 10.9. The molecule has 0 bridgehead atoms. The molecule has 0 fully saturated rings. The number of amides is 1. The molecule has 0 spiro atoms. The fourth-order valence-electron chi connectivity index (χ4n) is 3.01. The quantitative estimate of drug-likeness (QED) is 0.637. The summed E-state index contributed by atoms with van der Waals surface area (Å²) in [6.45, 7) is 8.41. The fraction of sp³-hybridized carbons (Fsp3) is 0.333. The molecule has 0 unspecified atom stereocenters. The van der Waals surface area contributed by atoms with Crippen molar-refractivity contribution in [3.63, 3.8) is 0 Å². The van der Waals surface area contributed by atoms with Crippen molar-refractivity contribution in [1.29, 1.82) is 0 Å². The van der Waals surface area contributed by atoms with Gasteiger partial charge >= 0.3 is 0 Å². The van der Waals surface area contributed by atoms with Crippen LogP contribution in [0.4, 0.5) is 10.2 Å². The van der Waals surface area contributed by atoms with Gasteiger partial charge in [-0.2, -0.15) is 0 Å². The van der Waals surface area contributed by atoms with Crippen LogP contribution in [0.1, 0.15) is 38.4 Å². The molecule has 0 saturated heterocycles. The van der Waals surface area contributed by atoms with Crippen LogP contribution in [0.3, 0.4) is 0 Å². The molecule has 6 heteroatoms. The molecule has 27 heavy (non-hydrogen) atoms. The average molecular weight is 388 g/mol. The summed E-state index contributed by atoms with van der Waals surface area (Å²) >= 11 is 5.94. The van der Waals surface area contributed by atoms with Gasteiger partial charge in [0.15, 0.2) is 11.6 Å². The molecular formula is C21H23ClFN3O. The highest BCUT2D eigenvalue weighted by Crippen LogP contribution is 2.25. The summed E-state index contributed by atoms with van der Waals surface area (Å²) in [4.78, 5) is 16.5. The van der Waals surface area contributed by atoms with E-state index in [4.69, 9.17) is 11.6 Å². The van der Waals surface area contributed by atoms with Crippen molar-refractivity contribution < 1.29 is 9.18 Å². The molecule has 0 aliphatic rings. The van der Waals surface area contributed by atoms with Crippen LogP contribution in [0.5, 0.6) is 0 Å². The Kier molecular flexibility index (Phi) is 5.24. The minimum atomic E-state index is -0.541. The van der Waals surface area contributed by atoms with Gasteiger partial charge in [-0.3, -0.25) is 4.79 Å². The Bertz CT molecular complexity index is 987. The van der Waals surface area contributed by atoms with Crippen LogP contribution in [0, 0.1) is 18.2 Å². The Labute approximate surface area is 163 Å². The Balaban J connectivity index is 1.90. The number of nitrogens with zero attached hydrogens (tertiary/aromatic N) is 2. The zero-order chi connectivity index (χ0) is 19.8.